The molecule has 1 aliphatic heterocycles. The predicted molar refractivity (Wildman–Crippen MR) is 61.6 cm³/mol. The second-order valence-electron chi connectivity index (χ2n) is 3.79. The van der Waals surface area contributed by atoms with Gasteiger partial charge in [-0.2, -0.15) is 0 Å². The maximum absolute atomic E-state index is 5.79. The highest BCUT2D eigenvalue weighted by Gasteiger charge is 2.20. The molecule has 4 heteroatoms. The van der Waals surface area contributed by atoms with E-state index in [1.54, 1.807) is 0 Å². The lowest BCUT2D eigenvalue weighted by Crippen LogP contribution is -2.43. The Kier molecular flexibility index (Phi) is 3.44. The molecule has 1 aliphatic rings. The molecule has 0 amide bonds. The van der Waals surface area contributed by atoms with Crippen molar-refractivity contribution in [2.75, 3.05) is 30.5 Å². The van der Waals surface area contributed by atoms with Gasteiger partial charge in [0.25, 0.3) is 0 Å². The number of nitrogens with zero attached hydrogens (tertiary/aromatic N) is 2. The van der Waals surface area contributed by atoms with Crippen LogP contribution in [-0.2, 0) is 4.74 Å². The monoisotopic (exact) mass is 226 g/mol. The zero-order valence-corrected chi connectivity index (χ0v) is 9.57. The van der Waals surface area contributed by atoms with Crippen molar-refractivity contribution in [1.82, 2.24) is 4.98 Å². The zero-order valence-electron chi connectivity index (χ0n) is 8.82. The summed E-state index contributed by atoms with van der Waals surface area (Å²) >= 11 is 5.79. The normalized spacial score (nSPS) is 21.7. The van der Waals surface area contributed by atoms with E-state index in [-0.39, 0.29) is 6.10 Å². The van der Waals surface area contributed by atoms with Crippen LogP contribution in [0.5, 0.6) is 0 Å². The summed E-state index contributed by atoms with van der Waals surface area (Å²) in [6, 6.07) is 4.12. The first-order valence-electron chi connectivity index (χ1n) is 5.15. The van der Waals surface area contributed by atoms with Gasteiger partial charge in [0.15, 0.2) is 0 Å². The summed E-state index contributed by atoms with van der Waals surface area (Å²) in [7, 11) is 0. The van der Waals surface area contributed by atoms with Crippen LogP contribution < -0.4 is 4.90 Å². The fraction of sp³-hybridized carbons (Fsp3) is 0.545. The van der Waals surface area contributed by atoms with Gasteiger partial charge in [-0.3, -0.25) is 0 Å². The minimum absolute atomic E-state index is 0.128. The van der Waals surface area contributed by atoms with Crippen LogP contribution >= 0.6 is 11.6 Å². The largest absolute Gasteiger partial charge is 0.373 e. The van der Waals surface area contributed by atoms with Crippen LogP contribution in [0.1, 0.15) is 5.56 Å². The Labute approximate surface area is 95.0 Å². The van der Waals surface area contributed by atoms with Crippen LogP contribution in [0.3, 0.4) is 0 Å². The smallest absolute Gasteiger partial charge is 0.128 e. The van der Waals surface area contributed by atoms with Crippen LogP contribution in [0.4, 0.5) is 5.82 Å². The van der Waals surface area contributed by atoms with E-state index >= 15 is 0 Å². The third-order valence-electron chi connectivity index (χ3n) is 2.53. The van der Waals surface area contributed by atoms with Crippen molar-refractivity contribution in [1.29, 1.82) is 0 Å². The summed E-state index contributed by atoms with van der Waals surface area (Å²) in [5.41, 5.74) is 1.18. The molecule has 0 bridgehead atoms. The second kappa shape index (κ2) is 4.81. The van der Waals surface area contributed by atoms with Crippen molar-refractivity contribution >= 4 is 17.4 Å². The molecule has 0 spiro atoms. The summed E-state index contributed by atoms with van der Waals surface area (Å²) in [5.74, 6) is 1.56. The molecule has 0 saturated carbocycles. The summed E-state index contributed by atoms with van der Waals surface area (Å²) in [4.78, 5) is 6.62. The van der Waals surface area contributed by atoms with E-state index in [1.165, 1.54) is 5.56 Å². The minimum Gasteiger partial charge on any atom is -0.373 e. The first-order chi connectivity index (χ1) is 7.29. The molecular weight excluding hydrogens is 212 g/mol. The van der Waals surface area contributed by atoms with E-state index < -0.39 is 0 Å². The second-order valence-corrected chi connectivity index (χ2v) is 4.10. The highest BCUT2D eigenvalue weighted by atomic mass is 35.5. The lowest BCUT2D eigenvalue weighted by Gasteiger charge is -2.32. The van der Waals surface area contributed by atoms with Crippen LogP contribution in [0.2, 0.25) is 0 Å². The summed E-state index contributed by atoms with van der Waals surface area (Å²) in [6.45, 7) is 4.49. The van der Waals surface area contributed by atoms with E-state index in [0.29, 0.717) is 5.88 Å². The number of anilines is 1. The zero-order chi connectivity index (χ0) is 10.7. The number of aryl methyl sites for hydroxylation is 1. The highest BCUT2D eigenvalue weighted by Crippen LogP contribution is 2.15. The van der Waals surface area contributed by atoms with Gasteiger partial charge < -0.3 is 9.64 Å². The van der Waals surface area contributed by atoms with Gasteiger partial charge in [-0.05, 0) is 18.6 Å². The molecule has 1 aromatic rings. The molecule has 2 heterocycles. The Morgan fingerprint density at radius 2 is 2.47 bits per heavy atom. The SMILES string of the molecule is Cc1ccc(N2CCOC(CCl)C2)nc1. The van der Waals surface area contributed by atoms with Gasteiger partial charge in [-0.1, -0.05) is 6.07 Å². The number of hydrogen-bond donors (Lipinski definition) is 0. The van der Waals surface area contributed by atoms with E-state index in [1.807, 2.05) is 19.2 Å². The number of aromatic nitrogens is 1. The highest BCUT2D eigenvalue weighted by molar-refractivity contribution is 6.18. The lowest BCUT2D eigenvalue weighted by molar-refractivity contribution is 0.0552. The van der Waals surface area contributed by atoms with E-state index in [0.717, 1.165) is 25.5 Å². The summed E-state index contributed by atoms with van der Waals surface area (Å²) in [6.07, 6.45) is 2.02. The third kappa shape index (κ3) is 2.61. The van der Waals surface area contributed by atoms with Crippen LogP contribution in [-0.4, -0.2) is 36.7 Å². The predicted octanol–water partition coefficient (Wildman–Crippen LogP) is 1.83. The molecule has 3 nitrogen and oxygen atoms in total. The summed E-state index contributed by atoms with van der Waals surface area (Å²) in [5, 5.41) is 0. The Bertz CT molecular complexity index is 315. The molecule has 15 heavy (non-hydrogen) atoms. The molecule has 0 aliphatic carbocycles. The Balaban J connectivity index is 2.06. The van der Waals surface area contributed by atoms with E-state index in [9.17, 15) is 0 Å². The molecule has 1 atom stereocenters. The average molecular weight is 227 g/mol. The fourth-order valence-corrected chi connectivity index (χ4v) is 1.85. The Morgan fingerprint density at radius 3 is 3.13 bits per heavy atom. The van der Waals surface area contributed by atoms with Gasteiger partial charge in [0.1, 0.15) is 5.82 Å². The molecule has 1 aromatic heterocycles. The van der Waals surface area contributed by atoms with Crippen molar-refractivity contribution in [3.8, 4) is 0 Å². The molecule has 1 fully saturated rings. The molecule has 0 radical (unpaired) electrons. The number of hydrogen-bond acceptors (Lipinski definition) is 3. The molecule has 1 saturated heterocycles. The first kappa shape index (κ1) is 10.7. The maximum atomic E-state index is 5.79. The Hall–Kier alpha value is -0.800. The molecular formula is C11H15ClN2O. The van der Waals surface area contributed by atoms with Gasteiger partial charge in [-0.15, -0.1) is 11.6 Å². The third-order valence-corrected chi connectivity index (χ3v) is 2.87. The van der Waals surface area contributed by atoms with Crippen LogP contribution in [0.25, 0.3) is 0 Å². The number of pyridine rings is 1. The van der Waals surface area contributed by atoms with Gasteiger partial charge in [-0.25, -0.2) is 4.98 Å². The van der Waals surface area contributed by atoms with Crippen molar-refractivity contribution in [3.63, 3.8) is 0 Å². The molecule has 82 valence electrons. The topological polar surface area (TPSA) is 25.4 Å². The van der Waals surface area contributed by atoms with Crippen molar-refractivity contribution in [2.24, 2.45) is 0 Å². The molecule has 0 aromatic carbocycles. The standard InChI is InChI=1S/C11H15ClN2O/c1-9-2-3-11(13-7-9)14-4-5-15-10(6-12)8-14/h2-3,7,10H,4-6,8H2,1H3. The van der Waals surface area contributed by atoms with Gasteiger partial charge in [0.2, 0.25) is 0 Å². The number of ether oxygens (including phenoxy) is 1. The lowest BCUT2D eigenvalue weighted by atomic mass is 10.2. The molecule has 1 unspecified atom stereocenters. The number of morpholine rings is 1. The Morgan fingerprint density at radius 1 is 1.60 bits per heavy atom. The summed E-state index contributed by atoms with van der Waals surface area (Å²) < 4.78 is 5.50. The van der Waals surface area contributed by atoms with Gasteiger partial charge in [0.05, 0.1) is 18.6 Å². The number of halogens is 1. The number of rotatable bonds is 2. The molecule has 2 rings (SSSR count). The van der Waals surface area contributed by atoms with Crippen molar-refractivity contribution < 1.29 is 4.74 Å². The fourth-order valence-electron chi connectivity index (χ4n) is 1.67. The van der Waals surface area contributed by atoms with Crippen LogP contribution in [0, 0.1) is 6.92 Å². The van der Waals surface area contributed by atoms with Crippen molar-refractivity contribution in [2.45, 2.75) is 13.0 Å². The minimum atomic E-state index is 0.128. The number of alkyl halides is 1. The molecule has 0 N–H and O–H groups in total. The van der Waals surface area contributed by atoms with Gasteiger partial charge >= 0.3 is 0 Å². The van der Waals surface area contributed by atoms with Crippen LogP contribution in [0.15, 0.2) is 18.3 Å². The first-order valence-corrected chi connectivity index (χ1v) is 5.68. The van der Waals surface area contributed by atoms with E-state index in [2.05, 4.69) is 16.0 Å². The average Bonchev–Trinajstić information content (AvgIpc) is 2.30. The van der Waals surface area contributed by atoms with Gasteiger partial charge in [0, 0.05) is 19.3 Å². The van der Waals surface area contributed by atoms with E-state index in [4.69, 9.17) is 16.3 Å². The maximum Gasteiger partial charge on any atom is 0.128 e. The quantitative estimate of drug-likeness (QED) is 0.720. The van der Waals surface area contributed by atoms with Crippen molar-refractivity contribution in [3.05, 3.63) is 23.9 Å².